The summed E-state index contributed by atoms with van der Waals surface area (Å²) in [5, 5.41) is 0.319. The number of rotatable bonds is 5. The largest absolute Gasteiger partial charge is 0.494 e. The smallest absolute Gasteiger partial charge is 0.124 e. The summed E-state index contributed by atoms with van der Waals surface area (Å²) in [7, 11) is 0. The van der Waals surface area contributed by atoms with Gasteiger partial charge in [-0.05, 0) is 30.7 Å². The van der Waals surface area contributed by atoms with Crippen LogP contribution < -0.4 is 16.0 Å². The maximum absolute atomic E-state index is 13.2. The number of ether oxygens (including phenoxy) is 1. The Morgan fingerprint density at radius 2 is 2.00 bits per heavy atom. The zero-order valence-corrected chi connectivity index (χ0v) is 11.8. The molecule has 0 radical (unpaired) electrons. The van der Waals surface area contributed by atoms with Gasteiger partial charge in [0, 0.05) is 10.6 Å². The van der Waals surface area contributed by atoms with E-state index in [1.54, 1.807) is 6.07 Å². The second-order valence-electron chi connectivity index (χ2n) is 4.24. The molecule has 2 aromatic rings. The van der Waals surface area contributed by atoms with Crippen LogP contribution >= 0.6 is 11.6 Å². The van der Waals surface area contributed by atoms with Crippen LogP contribution in [-0.2, 0) is 0 Å². The summed E-state index contributed by atoms with van der Waals surface area (Å²) in [6.07, 6.45) is 0. The third-order valence-electron chi connectivity index (χ3n) is 2.97. The Kier molecular flexibility index (Phi) is 4.95. The van der Waals surface area contributed by atoms with Crippen molar-refractivity contribution in [3.05, 3.63) is 64.4 Å². The standard InChI is InChI=1S/C15H16ClFN2O/c1-2-20-14-6-4-3-5-12(14)15(19-18)11-8-7-10(17)9-13(11)16/h3-9,15,19H,2,18H2,1H3. The SMILES string of the molecule is CCOc1ccccc1C(NN)c1ccc(F)cc1Cl. The fourth-order valence-corrected chi connectivity index (χ4v) is 2.37. The maximum atomic E-state index is 13.2. The first-order valence-electron chi connectivity index (χ1n) is 6.30. The number of hydrazine groups is 1. The van der Waals surface area contributed by atoms with Gasteiger partial charge in [0.25, 0.3) is 0 Å². The van der Waals surface area contributed by atoms with Gasteiger partial charge in [0.05, 0.1) is 12.6 Å². The summed E-state index contributed by atoms with van der Waals surface area (Å²) >= 11 is 6.11. The van der Waals surface area contributed by atoms with E-state index in [1.807, 2.05) is 31.2 Å². The molecule has 5 heteroatoms. The fraction of sp³-hybridized carbons (Fsp3) is 0.200. The first-order valence-corrected chi connectivity index (χ1v) is 6.68. The highest BCUT2D eigenvalue weighted by Crippen LogP contribution is 2.33. The van der Waals surface area contributed by atoms with Crippen molar-refractivity contribution in [2.75, 3.05) is 6.61 Å². The molecular weight excluding hydrogens is 279 g/mol. The summed E-state index contributed by atoms with van der Waals surface area (Å²) in [5.74, 6) is 5.99. The van der Waals surface area contributed by atoms with Crippen LogP contribution in [0.15, 0.2) is 42.5 Å². The van der Waals surface area contributed by atoms with E-state index in [2.05, 4.69) is 5.43 Å². The Morgan fingerprint density at radius 3 is 2.65 bits per heavy atom. The summed E-state index contributed by atoms with van der Waals surface area (Å²) in [6, 6.07) is 11.4. The number of para-hydroxylation sites is 1. The molecule has 0 aliphatic carbocycles. The number of halogens is 2. The zero-order chi connectivity index (χ0) is 14.5. The topological polar surface area (TPSA) is 47.3 Å². The van der Waals surface area contributed by atoms with E-state index >= 15 is 0 Å². The van der Waals surface area contributed by atoms with Crippen LogP contribution in [0, 0.1) is 5.82 Å². The molecule has 0 fully saturated rings. The number of hydrogen-bond donors (Lipinski definition) is 2. The molecule has 0 aliphatic heterocycles. The van der Waals surface area contributed by atoms with Crippen LogP contribution in [0.3, 0.4) is 0 Å². The lowest BCUT2D eigenvalue weighted by Gasteiger charge is -2.21. The molecule has 1 atom stereocenters. The van der Waals surface area contributed by atoms with Gasteiger partial charge in [-0.3, -0.25) is 5.84 Å². The van der Waals surface area contributed by atoms with Crippen LogP contribution in [0.2, 0.25) is 5.02 Å². The second-order valence-corrected chi connectivity index (χ2v) is 4.64. The van der Waals surface area contributed by atoms with Crippen molar-refractivity contribution in [1.82, 2.24) is 5.43 Å². The van der Waals surface area contributed by atoms with Crippen molar-refractivity contribution < 1.29 is 9.13 Å². The van der Waals surface area contributed by atoms with Gasteiger partial charge in [0.2, 0.25) is 0 Å². The van der Waals surface area contributed by atoms with Crippen LogP contribution in [0.25, 0.3) is 0 Å². The highest BCUT2D eigenvalue weighted by molar-refractivity contribution is 6.31. The average molecular weight is 295 g/mol. The minimum atomic E-state index is -0.382. The molecule has 2 rings (SSSR count). The van der Waals surface area contributed by atoms with Crippen molar-refractivity contribution in [3.8, 4) is 5.75 Å². The van der Waals surface area contributed by atoms with Gasteiger partial charge in [-0.2, -0.15) is 0 Å². The van der Waals surface area contributed by atoms with Crippen LogP contribution in [0.4, 0.5) is 4.39 Å². The maximum Gasteiger partial charge on any atom is 0.124 e. The number of hydrogen-bond acceptors (Lipinski definition) is 3. The molecule has 20 heavy (non-hydrogen) atoms. The van der Waals surface area contributed by atoms with Crippen molar-refractivity contribution in [3.63, 3.8) is 0 Å². The van der Waals surface area contributed by atoms with Crippen LogP contribution in [0.1, 0.15) is 24.1 Å². The molecule has 0 heterocycles. The quantitative estimate of drug-likeness (QED) is 0.656. The predicted molar refractivity (Wildman–Crippen MR) is 78.2 cm³/mol. The molecule has 0 bridgehead atoms. The van der Waals surface area contributed by atoms with E-state index in [4.69, 9.17) is 22.2 Å². The Balaban J connectivity index is 2.47. The van der Waals surface area contributed by atoms with Crippen molar-refractivity contribution in [2.24, 2.45) is 5.84 Å². The molecule has 0 amide bonds. The third kappa shape index (κ3) is 3.10. The van der Waals surface area contributed by atoms with Crippen molar-refractivity contribution in [1.29, 1.82) is 0 Å². The first-order chi connectivity index (χ1) is 9.67. The molecule has 0 saturated carbocycles. The molecule has 1 unspecified atom stereocenters. The molecule has 3 N–H and O–H groups in total. The Morgan fingerprint density at radius 1 is 1.25 bits per heavy atom. The molecule has 0 spiro atoms. The van der Waals surface area contributed by atoms with Gasteiger partial charge in [0.15, 0.2) is 0 Å². The van der Waals surface area contributed by atoms with Crippen LogP contribution in [-0.4, -0.2) is 6.61 Å². The third-order valence-corrected chi connectivity index (χ3v) is 3.30. The van der Waals surface area contributed by atoms with E-state index in [0.717, 1.165) is 11.3 Å². The lowest BCUT2D eigenvalue weighted by atomic mass is 9.98. The predicted octanol–water partition coefficient (Wildman–Crippen LogP) is 3.43. The Bertz CT molecular complexity index is 592. The van der Waals surface area contributed by atoms with Gasteiger partial charge in [0.1, 0.15) is 11.6 Å². The van der Waals surface area contributed by atoms with E-state index in [0.29, 0.717) is 17.2 Å². The minimum Gasteiger partial charge on any atom is -0.494 e. The van der Waals surface area contributed by atoms with E-state index in [9.17, 15) is 4.39 Å². The molecule has 0 aromatic heterocycles. The number of nitrogens with two attached hydrogens (primary N) is 1. The molecule has 2 aromatic carbocycles. The minimum absolute atomic E-state index is 0.319. The number of benzene rings is 2. The highest BCUT2D eigenvalue weighted by Gasteiger charge is 2.19. The van der Waals surface area contributed by atoms with Crippen molar-refractivity contribution in [2.45, 2.75) is 13.0 Å². The summed E-state index contributed by atoms with van der Waals surface area (Å²) in [5.41, 5.74) is 4.26. The van der Waals surface area contributed by atoms with E-state index in [-0.39, 0.29) is 11.9 Å². The van der Waals surface area contributed by atoms with E-state index < -0.39 is 0 Å². The zero-order valence-electron chi connectivity index (χ0n) is 11.1. The first kappa shape index (κ1) is 14.8. The molecule has 106 valence electrons. The summed E-state index contributed by atoms with van der Waals surface area (Å²) in [6.45, 7) is 2.46. The molecular formula is C15H16ClFN2O. The van der Waals surface area contributed by atoms with Gasteiger partial charge in [-0.15, -0.1) is 0 Å². The lowest BCUT2D eigenvalue weighted by Crippen LogP contribution is -2.29. The second kappa shape index (κ2) is 6.70. The van der Waals surface area contributed by atoms with Crippen molar-refractivity contribution >= 4 is 11.6 Å². The summed E-state index contributed by atoms with van der Waals surface area (Å²) < 4.78 is 18.7. The average Bonchev–Trinajstić information content (AvgIpc) is 2.44. The molecule has 3 nitrogen and oxygen atoms in total. The van der Waals surface area contributed by atoms with Gasteiger partial charge in [-0.25, -0.2) is 9.82 Å². The fourth-order valence-electron chi connectivity index (χ4n) is 2.09. The van der Waals surface area contributed by atoms with Gasteiger partial charge < -0.3 is 4.74 Å². The molecule has 0 aliphatic rings. The summed E-state index contributed by atoms with van der Waals surface area (Å²) in [4.78, 5) is 0. The van der Waals surface area contributed by atoms with Crippen LogP contribution in [0.5, 0.6) is 5.75 Å². The normalized spacial score (nSPS) is 12.2. The monoisotopic (exact) mass is 294 g/mol. The Hall–Kier alpha value is -1.62. The van der Waals surface area contributed by atoms with Gasteiger partial charge >= 0.3 is 0 Å². The lowest BCUT2D eigenvalue weighted by molar-refractivity contribution is 0.333. The number of nitrogens with one attached hydrogen (secondary N) is 1. The van der Waals surface area contributed by atoms with Gasteiger partial charge in [-0.1, -0.05) is 35.9 Å². The van der Waals surface area contributed by atoms with E-state index in [1.165, 1.54) is 12.1 Å². The highest BCUT2D eigenvalue weighted by atomic mass is 35.5. The Labute approximate surface area is 122 Å². The molecule has 0 saturated heterocycles.